The predicted octanol–water partition coefficient (Wildman–Crippen LogP) is 2.24. The van der Waals surface area contributed by atoms with Crippen molar-refractivity contribution in [3.8, 4) is 0 Å². The van der Waals surface area contributed by atoms with Crippen LogP contribution in [0, 0.1) is 11.8 Å². The molecule has 70 valence electrons. The van der Waals surface area contributed by atoms with Crippen LogP contribution in [0.5, 0.6) is 0 Å². The standard InChI is InChI=1S/C9H16O2S/c1-12-6-5-7-3-2-4-8(7)9(10)11/h7-8H,2-6H2,1H3,(H,10,11). The van der Waals surface area contributed by atoms with Crippen molar-refractivity contribution in [3.63, 3.8) is 0 Å². The van der Waals surface area contributed by atoms with Crippen molar-refractivity contribution < 1.29 is 9.90 Å². The summed E-state index contributed by atoms with van der Waals surface area (Å²) in [5, 5.41) is 8.88. The molecule has 0 spiro atoms. The lowest BCUT2D eigenvalue weighted by atomic mass is 9.94. The largest absolute Gasteiger partial charge is 0.481 e. The lowest BCUT2D eigenvalue weighted by Gasteiger charge is -2.14. The van der Waals surface area contributed by atoms with Crippen LogP contribution in [-0.4, -0.2) is 23.1 Å². The summed E-state index contributed by atoms with van der Waals surface area (Å²) in [4.78, 5) is 10.8. The van der Waals surface area contributed by atoms with E-state index < -0.39 is 5.97 Å². The van der Waals surface area contributed by atoms with Crippen LogP contribution < -0.4 is 0 Å². The van der Waals surface area contributed by atoms with E-state index in [0.717, 1.165) is 31.4 Å². The van der Waals surface area contributed by atoms with Crippen LogP contribution in [-0.2, 0) is 4.79 Å². The molecule has 0 aliphatic heterocycles. The summed E-state index contributed by atoms with van der Waals surface area (Å²) in [7, 11) is 0. The minimum Gasteiger partial charge on any atom is -0.481 e. The van der Waals surface area contributed by atoms with Gasteiger partial charge in [-0.1, -0.05) is 6.42 Å². The zero-order chi connectivity index (χ0) is 8.97. The molecule has 2 unspecified atom stereocenters. The first kappa shape index (κ1) is 9.90. The molecule has 2 atom stereocenters. The number of thioether (sulfide) groups is 1. The summed E-state index contributed by atoms with van der Waals surface area (Å²) in [6.07, 6.45) is 6.28. The highest BCUT2D eigenvalue weighted by molar-refractivity contribution is 7.98. The lowest BCUT2D eigenvalue weighted by molar-refractivity contribution is -0.142. The Morgan fingerprint density at radius 2 is 2.33 bits per heavy atom. The van der Waals surface area contributed by atoms with Crippen LogP contribution >= 0.6 is 11.8 Å². The molecule has 1 aliphatic carbocycles. The maximum Gasteiger partial charge on any atom is 0.306 e. The molecule has 1 rings (SSSR count). The van der Waals surface area contributed by atoms with Gasteiger partial charge in [-0.05, 0) is 37.2 Å². The van der Waals surface area contributed by atoms with Crippen LogP contribution in [0.15, 0.2) is 0 Å². The van der Waals surface area contributed by atoms with Crippen molar-refractivity contribution in [2.24, 2.45) is 11.8 Å². The number of aliphatic carboxylic acids is 1. The first-order chi connectivity index (χ1) is 5.75. The van der Waals surface area contributed by atoms with Crippen molar-refractivity contribution in [2.45, 2.75) is 25.7 Å². The molecule has 0 heterocycles. The number of hydrogen-bond acceptors (Lipinski definition) is 2. The SMILES string of the molecule is CSCCC1CCCC1C(=O)O. The molecule has 1 N–H and O–H groups in total. The van der Waals surface area contributed by atoms with Gasteiger partial charge in [-0.15, -0.1) is 0 Å². The Morgan fingerprint density at radius 3 is 2.92 bits per heavy atom. The summed E-state index contributed by atoms with van der Waals surface area (Å²) in [5.74, 6) is 0.930. The molecule has 1 saturated carbocycles. The summed E-state index contributed by atoms with van der Waals surface area (Å²) < 4.78 is 0. The first-order valence-electron chi connectivity index (χ1n) is 4.47. The Balaban J connectivity index is 2.35. The van der Waals surface area contributed by atoms with Gasteiger partial charge >= 0.3 is 5.97 Å². The number of rotatable bonds is 4. The summed E-state index contributed by atoms with van der Waals surface area (Å²) in [6, 6.07) is 0. The summed E-state index contributed by atoms with van der Waals surface area (Å²) >= 11 is 1.81. The Kier molecular flexibility index (Phi) is 3.92. The fourth-order valence-corrected chi connectivity index (χ4v) is 2.52. The monoisotopic (exact) mass is 188 g/mol. The van der Waals surface area contributed by atoms with Gasteiger partial charge in [0, 0.05) is 0 Å². The molecule has 0 aromatic carbocycles. The van der Waals surface area contributed by atoms with Gasteiger partial charge in [0.15, 0.2) is 0 Å². The molecule has 0 saturated heterocycles. The average Bonchev–Trinajstić information content (AvgIpc) is 2.48. The van der Waals surface area contributed by atoms with Crippen LogP contribution in [0.4, 0.5) is 0 Å². The van der Waals surface area contributed by atoms with Crippen molar-refractivity contribution >= 4 is 17.7 Å². The van der Waals surface area contributed by atoms with Crippen molar-refractivity contribution in [1.82, 2.24) is 0 Å². The zero-order valence-electron chi connectivity index (χ0n) is 7.45. The topological polar surface area (TPSA) is 37.3 Å². The smallest absolute Gasteiger partial charge is 0.306 e. The van der Waals surface area contributed by atoms with Crippen LogP contribution in [0.3, 0.4) is 0 Å². The van der Waals surface area contributed by atoms with Crippen LogP contribution in [0.25, 0.3) is 0 Å². The van der Waals surface area contributed by atoms with E-state index in [0.29, 0.717) is 5.92 Å². The molecular formula is C9H16O2S. The Bertz CT molecular complexity index is 159. The van der Waals surface area contributed by atoms with Crippen LogP contribution in [0.2, 0.25) is 0 Å². The van der Waals surface area contributed by atoms with Crippen molar-refractivity contribution in [1.29, 1.82) is 0 Å². The second-order valence-corrected chi connectivity index (χ2v) is 4.40. The van der Waals surface area contributed by atoms with E-state index in [2.05, 4.69) is 6.26 Å². The minimum atomic E-state index is -0.585. The fraction of sp³-hybridized carbons (Fsp3) is 0.889. The molecule has 0 aromatic heterocycles. The van der Waals surface area contributed by atoms with E-state index in [4.69, 9.17) is 5.11 Å². The van der Waals surface area contributed by atoms with Gasteiger partial charge in [-0.3, -0.25) is 4.79 Å². The lowest BCUT2D eigenvalue weighted by Crippen LogP contribution is -2.18. The number of carboxylic acids is 1. The second kappa shape index (κ2) is 4.75. The third kappa shape index (κ3) is 2.41. The van der Waals surface area contributed by atoms with E-state index in [1.165, 1.54) is 0 Å². The number of hydrogen-bond donors (Lipinski definition) is 1. The summed E-state index contributed by atoms with van der Waals surface area (Å²) in [6.45, 7) is 0. The quantitative estimate of drug-likeness (QED) is 0.735. The van der Waals surface area contributed by atoms with Crippen molar-refractivity contribution in [3.05, 3.63) is 0 Å². The Morgan fingerprint density at radius 1 is 1.58 bits per heavy atom. The maximum absolute atomic E-state index is 10.8. The Labute approximate surface area is 77.7 Å². The first-order valence-corrected chi connectivity index (χ1v) is 5.87. The Hall–Kier alpha value is -0.180. The average molecular weight is 188 g/mol. The van der Waals surface area contributed by atoms with E-state index in [9.17, 15) is 4.79 Å². The number of carbonyl (C=O) groups is 1. The molecule has 0 bridgehead atoms. The molecule has 3 heteroatoms. The molecule has 1 fully saturated rings. The van der Waals surface area contributed by atoms with Gasteiger partial charge in [-0.25, -0.2) is 0 Å². The third-order valence-electron chi connectivity index (χ3n) is 2.67. The van der Waals surface area contributed by atoms with Gasteiger partial charge in [0.1, 0.15) is 0 Å². The molecule has 0 radical (unpaired) electrons. The minimum absolute atomic E-state index is 0.0443. The zero-order valence-corrected chi connectivity index (χ0v) is 8.27. The fourth-order valence-electron chi connectivity index (χ4n) is 1.98. The highest BCUT2D eigenvalue weighted by atomic mass is 32.2. The number of carboxylic acid groups (broad SMARTS) is 1. The third-order valence-corrected chi connectivity index (χ3v) is 3.31. The van der Waals surface area contributed by atoms with Crippen LogP contribution in [0.1, 0.15) is 25.7 Å². The molecule has 12 heavy (non-hydrogen) atoms. The van der Waals surface area contributed by atoms with E-state index in [1.807, 2.05) is 11.8 Å². The second-order valence-electron chi connectivity index (χ2n) is 3.42. The normalized spacial score (nSPS) is 29.1. The van der Waals surface area contributed by atoms with Crippen molar-refractivity contribution in [2.75, 3.05) is 12.0 Å². The summed E-state index contributed by atoms with van der Waals surface area (Å²) in [5.41, 5.74) is 0. The van der Waals surface area contributed by atoms with E-state index in [1.54, 1.807) is 0 Å². The highest BCUT2D eigenvalue weighted by Crippen LogP contribution is 2.34. The molecule has 0 aromatic rings. The molecule has 0 amide bonds. The predicted molar refractivity (Wildman–Crippen MR) is 51.5 cm³/mol. The van der Waals surface area contributed by atoms with Gasteiger partial charge in [0.05, 0.1) is 5.92 Å². The van der Waals surface area contributed by atoms with Gasteiger partial charge in [-0.2, -0.15) is 11.8 Å². The molecule has 1 aliphatic rings. The van der Waals surface area contributed by atoms with Gasteiger partial charge in [0.25, 0.3) is 0 Å². The molecular weight excluding hydrogens is 172 g/mol. The van der Waals surface area contributed by atoms with E-state index >= 15 is 0 Å². The highest BCUT2D eigenvalue weighted by Gasteiger charge is 2.31. The van der Waals surface area contributed by atoms with Gasteiger partial charge in [0.2, 0.25) is 0 Å². The maximum atomic E-state index is 10.8. The molecule has 2 nitrogen and oxygen atoms in total. The van der Waals surface area contributed by atoms with E-state index in [-0.39, 0.29) is 5.92 Å². The van der Waals surface area contributed by atoms with Gasteiger partial charge < -0.3 is 5.11 Å².